The largest absolute Gasteiger partial charge is 0.497 e. The Balaban J connectivity index is 1.59. The Morgan fingerprint density at radius 3 is 2.55 bits per heavy atom. The number of methoxy groups -OCH3 is 2. The number of rotatable bonds is 7. The maximum atomic E-state index is 13.3. The Morgan fingerprint density at radius 1 is 1.09 bits per heavy atom. The number of carbonyl (C=O) groups excluding carboxylic acids is 2. The Hall–Kier alpha value is -3.39. The van der Waals surface area contributed by atoms with Crippen LogP contribution in [0.5, 0.6) is 11.5 Å². The highest BCUT2D eigenvalue weighted by Crippen LogP contribution is 2.40. The standard InChI is InChI=1S/C25H25FN2O4S/c1-31-18-9-10-19(22(12-18)32-2)20-14-28(25(30)23-4-3-11-33-23)15-21(20)24(29)27-13-16-5-7-17(26)8-6-16/h3-12,20-21H,13-15H2,1-2H3,(H,27,29). The molecule has 8 heteroatoms. The van der Waals surface area contributed by atoms with Gasteiger partial charge in [-0.15, -0.1) is 11.3 Å². The van der Waals surface area contributed by atoms with Crippen LogP contribution < -0.4 is 14.8 Å². The molecular formula is C25H25FN2O4S. The van der Waals surface area contributed by atoms with E-state index in [0.29, 0.717) is 29.5 Å². The number of nitrogens with zero attached hydrogens (tertiary/aromatic N) is 1. The number of carbonyl (C=O) groups is 2. The summed E-state index contributed by atoms with van der Waals surface area (Å²) in [6.07, 6.45) is 0. The molecule has 4 rings (SSSR count). The lowest BCUT2D eigenvalue weighted by atomic mass is 9.87. The van der Waals surface area contributed by atoms with Crippen molar-refractivity contribution in [2.75, 3.05) is 27.3 Å². The van der Waals surface area contributed by atoms with Gasteiger partial charge in [0.05, 0.1) is 25.0 Å². The van der Waals surface area contributed by atoms with Gasteiger partial charge >= 0.3 is 0 Å². The third kappa shape index (κ3) is 5.01. The molecule has 1 aromatic heterocycles. The Kier molecular flexibility index (Phi) is 6.93. The number of thiophene rings is 1. The second kappa shape index (κ2) is 10.0. The fraction of sp³-hybridized carbons (Fsp3) is 0.280. The van der Waals surface area contributed by atoms with E-state index in [1.165, 1.54) is 23.5 Å². The summed E-state index contributed by atoms with van der Waals surface area (Å²) in [6, 6.07) is 15.1. The molecule has 1 aliphatic heterocycles. The number of nitrogens with one attached hydrogen (secondary N) is 1. The fourth-order valence-electron chi connectivity index (χ4n) is 4.15. The van der Waals surface area contributed by atoms with E-state index >= 15 is 0 Å². The van der Waals surface area contributed by atoms with Crippen LogP contribution in [0.2, 0.25) is 0 Å². The van der Waals surface area contributed by atoms with Gasteiger partial charge in [-0.3, -0.25) is 9.59 Å². The van der Waals surface area contributed by atoms with Gasteiger partial charge in [-0.05, 0) is 35.2 Å². The summed E-state index contributed by atoms with van der Waals surface area (Å²) in [5.74, 6) is -0.0200. The number of hydrogen-bond acceptors (Lipinski definition) is 5. The van der Waals surface area contributed by atoms with Crippen LogP contribution in [0.25, 0.3) is 0 Å². The molecule has 1 N–H and O–H groups in total. The normalized spacial score (nSPS) is 17.6. The minimum Gasteiger partial charge on any atom is -0.497 e. The minimum atomic E-state index is -0.461. The summed E-state index contributed by atoms with van der Waals surface area (Å²) < 4.78 is 24.1. The molecule has 172 valence electrons. The molecule has 2 atom stereocenters. The van der Waals surface area contributed by atoms with Crippen molar-refractivity contribution in [2.24, 2.45) is 5.92 Å². The monoisotopic (exact) mass is 468 g/mol. The zero-order valence-electron chi connectivity index (χ0n) is 18.4. The van der Waals surface area contributed by atoms with Gasteiger partial charge in [0, 0.05) is 37.2 Å². The van der Waals surface area contributed by atoms with Gasteiger partial charge in [0.25, 0.3) is 5.91 Å². The molecule has 1 saturated heterocycles. The first-order valence-corrected chi connectivity index (χ1v) is 11.4. The third-order valence-electron chi connectivity index (χ3n) is 5.90. The number of benzene rings is 2. The summed E-state index contributed by atoms with van der Waals surface area (Å²) in [5.41, 5.74) is 1.65. The first kappa shape index (κ1) is 22.8. The van der Waals surface area contributed by atoms with Crippen LogP contribution in [-0.2, 0) is 11.3 Å². The Bertz CT molecular complexity index is 1120. The highest BCUT2D eigenvalue weighted by atomic mass is 32.1. The molecule has 2 heterocycles. The highest BCUT2D eigenvalue weighted by molar-refractivity contribution is 7.12. The molecule has 0 saturated carbocycles. The predicted molar refractivity (Wildman–Crippen MR) is 124 cm³/mol. The maximum Gasteiger partial charge on any atom is 0.263 e. The van der Waals surface area contributed by atoms with Crippen LogP contribution in [0.15, 0.2) is 60.0 Å². The lowest BCUT2D eigenvalue weighted by Gasteiger charge is -2.21. The van der Waals surface area contributed by atoms with Gasteiger partial charge in [0.2, 0.25) is 5.91 Å². The van der Waals surface area contributed by atoms with E-state index in [4.69, 9.17) is 9.47 Å². The lowest BCUT2D eigenvalue weighted by Crippen LogP contribution is -2.35. The molecule has 0 aliphatic carbocycles. The van der Waals surface area contributed by atoms with Crippen molar-refractivity contribution < 1.29 is 23.5 Å². The van der Waals surface area contributed by atoms with Crippen molar-refractivity contribution in [3.8, 4) is 11.5 Å². The summed E-state index contributed by atoms with van der Waals surface area (Å²) in [5, 5.41) is 4.81. The lowest BCUT2D eigenvalue weighted by molar-refractivity contribution is -0.125. The molecule has 2 amide bonds. The Labute approximate surface area is 195 Å². The predicted octanol–water partition coefficient (Wildman–Crippen LogP) is 4.08. The van der Waals surface area contributed by atoms with Crippen molar-refractivity contribution in [1.29, 1.82) is 0 Å². The second-order valence-electron chi connectivity index (χ2n) is 7.85. The second-order valence-corrected chi connectivity index (χ2v) is 8.80. The molecule has 3 aromatic rings. The topological polar surface area (TPSA) is 67.9 Å². The van der Waals surface area contributed by atoms with Gasteiger partial charge < -0.3 is 19.7 Å². The molecule has 33 heavy (non-hydrogen) atoms. The Morgan fingerprint density at radius 2 is 1.88 bits per heavy atom. The summed E-state index contributed by atoms with van der Waals surface area (Å²) in [7, 11) is 3.16. The smallest absolute Gasteiger partial charge is 0.263 e. The van der Waals surface area contributed by atoms with Crippen LogP contribution >= 0.6 is 11.3 Å². The van der Waals surface area contributed by atoms with E-state index in [2.05, 4.69) is 5.32 Å². The molecule has 0 spiro atoms. The highest BCUT2D eigenvalue weighted by Gasteiger charge is 2.42. The zero-order valence-corrected chi connectivity index (χ0v) is 19.2. The molecule has 0 bridgehead atoms. The van der Waals surface area contributed by atoms with E-state index < -0.39 is 5.92 Å². The maximum absolute atomic E-state index is 13.3. The van der Waals surface area contributed by atoms with Crippen molar-refractivity contribution >= 4 is 23.2 Å². The zero-order chi connectivity index (χ0) is 23.4. The minimum absolute atomic E-state index is 0.0867. The summed E-state index contributed by atoms with van der Waals surface area (Å²) in [6.45, 7) is 0.973. The van der Waals surface area contributed by atoms with E-state index in [1.807, 2.05) is 23.6 Å². The van der Waals surface area contributed by atoms with Gasteiger partial charge in [-0.25, -0.2) is 4.39 Å². The van der Waals surface area contributed by atoms with Crippen LogP contribution in [0.3, 0.4) is 0 Å². The van der Waals surface area contributed by atoms with Gasteiger partial charge in [0.15, 0.2) is 0 Å². The van der Waals surface area contributed by atoms with Crippen molar-refractivity contribution in [3.63, 3.8) is 0 Å². The molecule has 6 nitrogen and oxygen atoms in total. The van der Waals surface area contributed by atoms with E-state index in [1.54, 1.807) is 43.4 Å². The van der Waals surface area contributed by atoms with Gasteiger partial charge in [0.1, 0.15) is 17.3 Å². The molecule has 1 fully saturated rings. The SMILES string of the molecule is COc1ccc(C2CN(C(=O)c3cccs3)CC2C(=O)NCc2ccc(F)cc2)c(OC)c1. The van der Waals surface area contributed by atoms with Crippen LogP contribution in [-0.4, -0.2) is 44.0 Å². The average molecular weight is 469 g/mol. The summed E-state index contributed by atoms with van der Waals surface area (Å²) >= 11 is 1.38. The first-order valence-electron chi connectivity index (χ1n) is 10.6. The van der Waals surface area contributed by atoms with E-state index in [9.17, 15) is 14.0 Å². The van der Waals surface area contributed by atoms with Crippen molar-refractivity contribution in [3.05, 3.63) is 81.8 Å². The van der Waals surface area contributed by atoms with Crippen molar-refractivity contribution in [1.82, 2.24) is 10.2 Å². The number of amides is 2. The third-order valence-corrected chi connectivity index (χ3v) is 6.75. The van der Waals surface area contributed by atoms with E-state index in [0.717, 1.165) is 11.1 Å². The fourth-order valence-corrected chi connectivity index (χ4v) is 4.84. The van der Waals surface area contributed by atoms with E-state index in [-0.39, 0.29) is 30.1 Å². The number of ether oxygens (including phenoxy) is 2. The van der Waals surface area contributed by atoms with Gasteiger partial charge in [-0.1, -0.05) is 24.3 Å². The molecule has 0 radical (unpaired) electrons. The number of hydrogen-bond donors (Lipinski definition) is 1. The van der Waals surface area contributed by atoms with Crippen molar-refractivity contribution in [2.45, 2.75) is 12.5 Å². The molecule has 2 aromatic carbocycles. The van der Waals surface area contributed by atoms with Crippen LogP contribution in [0.4, 0.5) is 4.39 Å². The quantitative estimate of drug-likeness (QED) is 0.568. The van der Waals surface area contributed by atoms with Crippen LogP contribution in [0.1, 0.15) is 26.7 Å². The number of likely N-dealkylation sites (tertiary alicyclic amines) is 1. The molecule has 2 unspecified atom stereocenters. The number of halogens is 1. The molecule has 1 aliphatic rings. The summed E-state index contributed by atoms with van der Waals surface area (Å²) in [4.78, 5) is 28.7. The van der Waals surface area contributed by atoms with Crippen LogP contribution in [0, 0.1) is 11.7 Å². The molecular weight excluding hydrogens is 443 g/mol. The average Bonchev–Trinajstić information content (AvgIpc) is 3.53. The van der Waals surface area contributed by atoms with Gasteiger partial charge in [-0.2, -0.15) is 0 Å². The first-order chi connectivity index (χ1) is 16.0.